The predicted octanol–water partition coefficient (Wildman–Crippen LogP) is 6.81. The van der Waals surface area contributed by atoms with Crippen LogP contribution in [-0.4, -0.2) is 10.2 Å². The van der Waals surface area contributed by atoms with Crippen molar-refractivity contribution in [2.75, 3.05) is 0 Å². The summed E-state index contributed by atoms with van der Waals surface area (Å²) in [5.74, 6) is -7.48. The molecule has 0 amide bonds. The lowest BCUT2D eigenvalue weighted by molar-refractivity contribution is 0.406. The highest BCUT2D eigenvalue weighted by molar-refractivity contribution is 5.68. The van der Waals surface area contributed by atoms with Gasteiger partial charge in [0.1, 0.15) is 5.82 Å². The first-order chi connectivity index (χ1) is 14.8. The fourth-order valence-corrected chi connectivity index (χ4v) is 3.94. The number of hydrogen-bond acceptors (Lipinski definition) is 2. The van der Waals surface area contributed by atoms with Gasteiger partial charge in [0.25, 0.3) is 0 Å². The molecular formula is C24H17F5O2. The van der Waals surface area contributed by atoms with Crippen LogP contribution in [0, 0.1) is 29.1 Å². The molecule has 0 saturated carbocycles. The minimum absolute atomic E-state index is 0.0643. The second kappa shape index (κ2) is 8.06. The summed E-state index contributed by atoms with van der Waals surface area (Å²) in [6.07, 6.45) is 2.96. The topological polar surface area (TPSA) is 40.5 Å². The van der Waals surface area contributed by atoms with Gasteiger partial charge in [-0.2, -0.15) is 8.78 Å². The normalized spacial score (nSPS) is 16.3. The summed E-state index contributed by atoms with van der Waals surface area (Å²) < 4.78 is 70.2. The average Bonchev–Trinajstić information content (AvgIpc) is 2.76. The highest BCUT2D eigenvalue weighted by Crippen LogP contribution is 2.39. The summed E-state index contributed by atoms with van der Waals surface area (Å²) in [4.78, 5) is 0. The maximum atomic E-state index is 14.8. The van der Waals surface area contributed by atoms with Crippen LogP contribution in [0.5, 0.6) is 11.5 Å². The van der Waals surface area contributed by atoms with E-state index in [-0.39, 0.29) is 22.6 Å². The van der Waals surface area contributed by atoms with Crippen LogP contribution in [-0.2, 0) is 0 Å². The minimum atomic E-state index is -1.40. The molecule has 0 spiro atoms. The third kappa shape index (κ3) is 3.76. The molecule has 3 aromatic carbocycles. The van der Waals surface area contributed by atoms with Crippen molar-refractivity contribution in [3.63, 3.8) is 0 Å². The van der Waals surface area contributed by atoms with Gasteiger partial charge in [-0.05, 0) is 72.2 Å². The van der Waals surface area contributed by atoms with Gasteiger partial charge in [0.05, 0.1) is 0 Å². The van der Waals surface area contributed by atoms with Crippen LogP contribution < -0.4 is 0 Å². The molecule has 2 N–H and O–H groups in total. The Morgan fingerprint density at radius 2 is 1.32 bits per heavy atom. The number of aromatic hydroxyl groups is 2. The fraction of sp³-hybridized carbons (Fsp3) is 0.167. The van der Waals surface area contributed by atoms with E-state index in [1.807, 2.05) is 0 Å². The van der Waals surface area contributed by atoms with Crippen LogP contribution in [0.4, 0.5) is 22.0 Å². The molecule has 0 heterocycles. The van der Waals surface area contributed by atoms with E-state index in [0.717, 1.165) is 18.2 Å². The number of rotatable bonds is 3. The molecule has 0 radical (unpaired) electrons. The van der Waals surface area contributed by atoms with Crippen LogP contribution in [0.2, 0.25) is 0 Å². The Balaban J connectivity index is 1.58. The first kappa shape index (κ1) is 20.9. The Bertz CT molecular complexity index is 1200. The zero-order valence-corrected chi connectivity index (χ0v) is 16.1. The molecule has 31 heavy (non-hydrogen) atoms. The zero-order valence-electron chi connectivity index (χ0n) is 16.1. The van der Waals surface area contributed by atoms with Crippen molar-refractivity contribution in [2.45, 2.75) is 25.2 Å². The average molecular weight is 432 g/mol. The van der Waals surface area contributed by atoms with Gasteiger partial charge >= 0.3 is 0 Å². The van der Waals surface area contributed by atoms with Crippen LogP contribution in [0.3, 0.4) is 0 Å². The van der Waals surface area contributed by atoms with Crippen LogP contribution in [0.1, 0.15) is 36.3 Å². The lowest BCUT2D eigenvalue weighted by atomic mass is 9.82. The second-order valence-electron chi connectivity index (χ2n) is 7.46. The monoisotopic (exact) mass is 432 g/mol. The molecule has 2 nitrogen and oxygen atoms in total. The highest BCUT2D eigenvalue weighted by Gasteiger charge is 2.24. The standard InChI is InChI=1S/C24H17F5O2/c25-18-11-14(17-8-10-20(31)24(29)22(17)27)5-6-15(18)12-1-3-13(4-2-12)16-7-9-19(30)23(28)21(16)26/h3,5-12,30-31H,1-2,4H2. The van der Waals surface area contributed by atoms with E-state index in [0.29, 0.717) is 30.4 Å². The van der Waals surface area contributed by atoms with Crippen LogP contribution >= 0.6 is 0 Å². The maximum Gasteiger partial charge on any atom is 0.200 e. The Labute approximate surface area is 174 Å². The van der Waals surface area contributed by atoms with E-state index in [1.54, 1.807) is 6.08 Å². The van der Waals surface area contributed by atoms with Crippen molar-refractivity contribution in [2.24, 2.45) is 0 Å². The van der Waals surface area contributed by atoms with Crippen LogP contribution in [0.15, 0.2) is 48.5 Å². The van der Waals surface area contributed by atoms with Crippen molar-refractivity contribution in [3.8, 4) is 22.6 Å². The van der Waals surface area contributed by atoms with Gasteiger partial charge in [0, 0.05) is 11.1 Å². The Kier molecular flexibility index (Phi) is 5.43. The summed E-state index contributed by atoms with van der Waals surface area (Å²) in [5.41, 5.74) is 0.986. The van der Waals surface area contributed by atoms with Crippen LogP contribution in [0.25, 0.3) is 16.7 Å². The van der Waals surface area contributed by atoms with E-state index in [2.05, 4.69) is 0 Å². The molecule has 1 aliphatic rings. The van der Waals surface area contributed by atoms with Gasteiger partial charge in [0.15, 0.2) is 23.1 Å². The lowest BCUT2D eigenvalue weighted by Crippen LogP contribution is -2.07. The van der Waals surface area contributed by atoms with Gasteiger partial charge in [0.2, 0.25) is 11.6 Å². The Hall–Kier alpha value is -3.35. The van der Waals surface area contributed by atoms with Crippen molar-refractivity contribution >= 4 is 5.57 Å². The van der Waals surface area contributed by atoms with E-state index in [1.165, 1.54) is 24.3 Å². The van der Waals surface area contributed by atoms with Crippen molar-refractivity contribution in [1.29, 1.82) is 0 Å². The molecule has 1 unspecified atom stereocenters. The molecule has 0 aromatic heterocycles. The number of allylic oxidation sites excluding steroid dienone is 2. The summed E-state index contributed by atoms with van der Waals surface area (Å²) in [6, 6.07) is 8.64. The molecule has 4 rings (SSSR count). The van der Waals surface area contributed by atoms with E-state index < -0.39 is 40.6 Å². The zero-order chi connectivity index (χ0) is 22.3. The van der Waals surface area contributed by atoms with Gasteiger partial charge in [-0.25, -0.2) is 13.2 Å². The summed E-state index contributed by atoms with van der Waals surface area (Å²) in [7, 11) is 0. The molecular weight excluding hydrogens is 415 g/mol. The summed E-state index contributed by atoms with van der Waals surface area (Å²) >= 11 is 0. The van der Waals surface area contributed by atoms with Gasteiger partial charge in [-0.15, -0.1) is 0 Å². The molecule has 1 atom stereocenters. The molecule has 3 aromatic rings. The number of benzene rings is 3. The maximum absolute atomic E-state index is 14.8. The third-order valence-corrected chi connectivity index (χ3v) is 5.63. The summed E-state index contributed by atoms with van der Waals surface area (Å²) in [5, 5.41) is 18.5. The van der Waals surface area contributed by atoms with E-state index in [4.69, 9.17) is 0 Å². The first-order valence-corrected chi connectivity index (χ1v) is 9.61. The quantitative estimate of drug-likeness (QED) is 0.446. The minimum Gasteiger partial charge on any atom is -0.505 e. The number of halogens is 5. The largest absolute Gasteiger partial charge is 0.505 e. The molecule has 1 aliphatic carbocycles. The Morgan fingerprint density at radius 1 is 0.710 bits per heavy atom. The molecule has 0 bridgehead atoms. The number of phenols is 2. The van der Waals surface area contributed by atoms with E-state index in [9.17, 15) is 32.2 Å². The number of hydrogen-bond donors (Lipinski definition) is 2. The van der Waals surface area contributed by atoms with Crippen molar-refractivity contribution in [1.82, 2.24) is 0 Å². The first-order valence-electron chi connectivity index (χ1n) is 9.61. The molecule has 160 valence electrons. The second-order valence-corrected chi connectivity index (χ2v) is 7.46. The molecule has 7 heteroatoms. The van der Waals surface area contributed by atoms with E-state index >= 15 is 0 Å². The predicted molar refractivity (Wildman–Crippen MR) is 106 cm³/mol. The summed E-state index contributed by atoms with van der Waals surface area (Å²) in [6.45, 7) is 0. The van der Waals surface area contributed by atoms with Crippen molar-refractivity contribution < 1.29 is 32.2 Å². The lowest BCUT2D eigenvalue weighted by Gasteiger charge is -2.23. The Morgan fingerprint density at radius 3 is 1.90 bits per heavy atom. The smallest absolute Gasteiger partial charge is 0.200 e. The molecule has 0 aliphatic heterocycles. The third-order valence-electron chi connectivity index (χ3n) is 5.63. The number of phenolic OH excluding ortho intramolecular Hbond substituents is 2. The van der Waals surface area contributed by atoms with Gasteiger partial charge in [-0.3, -0.25) is 0 Å². The van der Waals surface area contributed by atoms with Gasteiger partial charge < -0.3 is 10.2 Å². The molecule has 0 fully saturated rings. The SMILES string of the molecule is Oc1ccc(C2=CCC(c3ccc(-c4ccc(O)c(F)c4F)cc3F)CC2)c(F)c1F. The fourth-order valence-electron chi connectivity index (χ4n) is 3.94. The van der Waals surface area contributed by atoms with Gasteiger partial charge in [-0.1, -0.05) is 18.2 Å². The highest BCUT2D eigenvalue weighted by atomic mass is 19.2. The van der Waals surface area contributed by atoms with Crippen molar-refractivity contribution in [3.05, 3.63) is 88.8 Å². The molecule has 0 saturated heterocycles.